The van der Waals surface area contributed by atoms with Gasteiger partial charge in [0.1, 0.15) is 12.6 Å². The van der Waals surface area contributed by atoms with Crippen LogP contribution in [0.4, 0.5) is 5.69 Å². The van der Waals surface area contributed by atoms with E-state index in [1.54, 1.807) is 24.3 Å². The molecule has 40 heavy (non-hydrogen) atoms. The van der Waals surface area contributed by atoms with E-state index in [0.717, 1.165) is 22.3 Å². The first-order chi connectivity index (χ1) is 18.7. The maximum atomic E-state index is 14.2. The van der Waals surface area contributed by atoms with E-state index in [0.29, 0.717) is 12.1 Å². The van der Waals surface area contributed by atoms with Crippen molar-refractivity contribution in [3.63, 3.8) is 0 Å². The topological polar surface area (TPSA) is 86.8 Å². The summed E-state index contributed by atoms with van der Waals surface area (Å²) in [5.41, 5.74) is 3.46. The van der Waals surface area contributed by atoms with Gasteiger partial charge in [0, 0.05) is 12.1 Å². The Morgan fingerprint density at radius 3 is 2.05 bits per heavy atom. The van der Waals surface area contributed by atoms with E-state index in [1.165, 1.54) is 21.3 Å². The maximum Gasteiger partial charge on any atom is 0.264 e. The Balaban J connectivity index is 2.10. The van der Waals surface area contributed by atoms with Crippen molar-refractivity contribution in [3.05, 3.63) is 95.1 Å². The van der Waals surface area contributed by atoms with Gasteiger partial charge in [-0.15, -0.1) is 0 Å². The smallest absolute Gasteiger partial charge is 0.264 e. The fourth-order valence-electron chi connectivity index (χ4n) is 4.48. The Morgan fingerprint density at radius 1 is 0.875 bits per heavy atom. The molecule has 7 nitrogen and oxygen atoms in total. The number of amides is 2. The molecule has 3 aromatic carbocycles. The van der Waals surface area contributed by atoms with Crippen LogP contribution in [0.3, 0.4) is 0 Å². The molecule has 0 unspecified atom stereocenters. The van der Waals surface area contributed by atoms with E-state index in [2.05, 4.69) is 5.32 Å². The number of hydrogen-bond acceptors (Lipinski definition) is 4. The quantitative estimate of drug-likeness (QED) is 0.352. The van der Waals surface area contributed by atoms with Crippen molar-refractivity contribution in [1.82, 2.24) is 10.2 Å². The number of anilines is 1. The number of benzene rings is 3. The molecule has 0 bridgehead atoms. The minimum absolute atomic E-state index is 0.0892. The Bertz CT molecular complexity index is 1430. The molecule has 0 aromatic heterocycles. The Labute approximate surface area is 239 Å². The summed E-state index contributed by atoms with van der Waals surface area (Å²) in [6.07, 6.45) is 0.369. The molecule has 0 aliphatic rings. The highest BCUT2D eigenvalue weighted by atomic mass is 32.2. The molecular formula is C32H41N3O4S. The highest BCUT2D eigenvalue weighted by Gasteiger charge is 2.35. The highest BCUT2D eigenvalue weighted by Crippen LogP contribution is 2.28. The number of hydrogen-bond donors (Lipinski definition) is 1. The Kier molecular flexibility index (Phi) is 9.79. The van der Waals surface area contributed by atoms with E-state index < -0.39 is 34.1 Å². The van der Waals surface area contributed by atoms with Crippen molar-refractivity contribution < 1.29 is 18.0 Å². The average molecular weight is 564 g/mol. The van der Waals surface area contributed by atoms with Gasteiger partial charge in [-0.1, -0.05) is 67.1 Å². The van der Waals surface area contributed by atoms with Gasteiger partial charge in [-0.25, -0.2) is 8.42 Å². The first-order valence-corrected chi connectivity index (χ1v) is 15.0. The van der Waals surface area contributed by atoms with Gasteiger partial charge >= 0.3 is 0 Å². The van der Waals surface area contributed by atoms with E-state index in [-0.39, 0.29) is 17.3 Å². The predicted molar refractivity (Wildman–Crippen MR) is 161 cm³/mol. The molecule has 0 spiro atoms. The van der Waals surface area contributed by atoms with Crippen molar-refractivity contribution >= 4 is 27.5 Å². The van der Waals surface area contributed by atoms with Crippen LogP contribution in [0.1, 0.15) is 56.4 Å². The molecule has 3 aromatic rings. The molecule has 214 valence electrons. The number of nitrogens with one attached hydrogen (secondary N) is 1. The Morgan fingerprint density at radius 2 is 1.48 bits per heavy atom. The summed E-state index contributed by atoms with van der Waals surface area (Å²) in [6, 6.07) is 20.6. The molecule has 0 saturated heterocycles. The molecule has 1 N–H and O–H groups in total. The largest absolute Gasteiger partial charge is 0.350 e. The van der Waals surface area contributed by atoms with Crippen molar-refractivity contribution in [3.8, 4) is 0 Å². The van der Waals surface area contributed by atoms with Crippen LogP contribution in [0.15, 0.2) is 77.7 Å². The third-order valence-corrected chi connectivity index (χ3v) is 8.37. The molecular weight excluding hydrogens is 522 g/mol. The number of aryl methyl sites for hydroxylation is 3. The lowest BCUT2D eigenvalue weighted by Crippen LogP contribution is -2.55. The molecule has 0 aliphatic heterocycles. The van der Waals surface area contributed by atoms with E-state index in [9.17, 15) is 18.0 Å². The normalized spacial score (nSPS) is 12.5. The molecule has 2 amide bonds. The second-order valence-electron chi connectivity index (χ2n) is 11.3. The zero-order chi connectivity index (χ0) is 29.7. The standard InChI is InChI=1S/C32H41N3O4S/c1-8-28(31(37)33-32(5,6)7)34(21-26-18-15-23(2)16-19-26)30(36)22-35(29-20-24(3)14-17-25(29)4)40(38,39)27-12-10-9-11-13-27/h9-20,28H,8,21-22H2,1-7H3,(H,33,37)/t28-/m0/s1. The molecule has 0 aliphatic carbocycles. The van der Waals surface area contributed by atoms with Gasteiger partial charge in [0.05, 0.1) is 10.6 Å². The molecule has 3 rings (SSSR count). The van der Waals surface area contributed by atoms with Crippen LogP contribution in [0, 0.1) is 20.8 Å². The van der Waals surface area contributed by atoms with Crippen molar-refractivity contribution in [2.75, 3.05) is 10.8 Å². The summed E-state index contributed by atoms with van der Waals surface area (Å²) in [5, 5.41) is 2.99. The average Bonchev–Trinajstić information content (AvgIpc) is 2.89. The Hall–Kier alpha value is -3.65. The zero-order valence-corrected chi connectivity index (χ0v) is 25.4. The first-order valence-electron chi connectivity index (χ1n) is 13.5. The summed E-state index contributed by atoms with van der Waals surface area (Å²) >= 11 is 0. The summed E-state index contributed by atoms with van der Waals surface area (Å²) in [7, 11) is -4.10. The van der Waals surface area contributed by atoms with Crippen LogP contribution in [0.25, 0.3) is 0 Å². The second kappa shape index (κ2) is 12.7. The lowest BCUT2D eigenvalue weighted by Gasteiger charge is -2.35. The highest BCUT2D eigenvalue weighted by molar-refractivity contribution is 7.92. The number of rotatable bonds is 10. The monoisotopic (exact) mass is 563 g/mol. The molecule has 0 fully saturated rings. The summed E-state index contributed by atoms with van der Waals surface area (Å²) in [5.74, 6) is -0.739. The molecule has 0 radical (unpaired) electrons. The van der Waals surface area contributed by atoms with Crippen LogP contribution in [0.5, 0.6) is 0 Å². The number of carbonyl (C=O) groups is 2. The third-order valence-electron chi connectivity index (χ3n) is 6.60. The molecule has 1 atom stereocenters. The SMILES string of the molecule is CC[C@@H](C(=O)NC(C)(C)C)N(Cc1ccc(C)cc1)C(=O)CN(c1cc(C)ccc1C)S(=O)(=O)c1ccccc1. The van der Waals surface area contributed by atoms with Gasteiger partial charge in [-0.05, 0) is 82.9 Å². The maximum absolute atomic E-state index is 14.2. The lowest BCUT2D eigenvalue weighted by atomic mass is 10.1. The van der Waals surface area contributed by atoms with Crippen LogP contribution < -0.4 is 9.62 Å². The van der Waals surface area contributed by atoms with Crippen molar-refractivity contribution in [2.24, 2.45) is 0 Å². The van der Waals surface area contributed by atoms with E-state index >= 15 is 0 Å². The van der Waals surface area contributed by atoms with Crippen LogP contribution in [-0.2, 0) is 26.2 Å². The van der Waals surface area contributed by atoms with Crippen LogP contribution in [-0.4, -0.2) is 43.3 Å². The summed E-state index contributed by atoms with van der Waals surface area (Å²) in [6.45, 7) is 12.9. The molecule has 0 heterocycles. The van der Waals surface area contributed by atoms with Gasteiger partial charge in [0.15, 0.2) is 0 Å². The van der Waals surface area contributed by atoms with Gasteiger partial charge < -0.3 is 10.2 Å². The van der Waals surface area contributed by atoms with Crippen LogP contribution in [0.2, 0.25) is 0 Å². The third kappa shape index (κ3) is 7.72. The number of sulfonamides is 1. The fraction of sp³-hybridized carbons (Fsp3) is 0.375. The predicted octanol–water partition coefficient (Wildman–Crippen LogP) is 5.53. The number of carbonyl (C=O) groups excluding carboxylic acids is 2. The summed E-state index contributed by atoms with van der Waals surface area (Å²) < 4.78 is 29.1. The minimum Gasteiger partial charge on any atom is -0.350 e. The summed E-state index contributed by atoms with van der Waals surface area (Å²) in [4.78, 5) is 29.2. The fourth-order valence-corrected chi connectivity index (χ4v) is 5.98. The molecule has 8 heteroatoms. The van der Waals surface area contributed by atoms with Gasteiger partial charge in [0.25, 0.3) is 10.0 Å². The minimum atomic E-state index is -4.10. The van der Waals surface area contributed by atoms with Gasteiger partial charge in [-0.3, -0.25) is 13.9 Å². The van der Waals surface area contributed by atoms with E-state index in [4.69, 9.17) is 0 Å². The van der Waals surface area contributed by atoms with Gasteiger partial charge in [0.2, 0.25) is 11.8 Å². The zero-order valence-electron chi connectivity index (χ0n) is 24.6. The van der Waals surface area contributed by atoms with Gasteiger partial charge in [-0.2, -0.15) is 0 Å². The van der Waals surface area contributed by atoms with Crippen molar-refractivity contribution in [1.29, 1.82) is 0 Å². The number of nitrogens with zero attached hydrogens (tertiary/aromatic N) is 2. The second-order valence-corrected chi connectivity index (χ2v) is 13.1. The van der Waals surface area contributed by atoms with E-state index in [1.807, 2.05) is 84.9 Å². The lowest BCUT2D eigenvalue weighted by molar-refractivity contribution is -0.141. The molecule has 0 saturated carbocycles. The van der Waals surface area contributed by atoms with Crippen molar-refractivity contribution in [2.45, 2.75) is 77.9 Å². The first kappa shape index (κ1) is 30.9. The van der Waals surface area contributed by atoms with Crippen LogP contribution >= 0.6 is 0 Å².